The molecule has 2 rings (SSSR count). The van der Waals surface area contributed by atoms with Crippen molar-refractivity contribution in [2.24, 2.45) is 0 Å². The molecular formula is C9H16O3. The first kappa shape index (κ1) is 8.48. The zero-order valence-corrected chi connectivity index (χ0v) is 7.38. The Morgan fingerprint density at radius 2 is 1.58 bits per heavy atom. The van der Waals surface area contributed by atoms with Gasteiger partial charge in [0.05, 0.1) is 6.61 Å². The summed E-state index contributed by atoms with van der Waals surface area (Å²) in [5.74, 6) is 0. The van der Waals surface area contributed by atoms with Crippen LogP contribution in [-0.2, 0) is 14.8 Å². The molecule has 0 radical (unpaired) electrons. The highest BCUT2D eigenvalue weighted by Crippen LogP contribution is 2.36. The SMILES string of the molecule is C1CCC2(CC1)CCCOOO2. The van der Waals surface area contributed by atoms with Gasteiger partial charge in [-0.1, -0.05) is 24.3 Å². The molecule has 0 atom stereocenters. The summed E-state index contributed by atoms with van der Waals surface area (Å²) < 4.78 is 0. The van der Waals surface area contributed by atoms with Crippen molar-refractivity contribution in [3.8, 4) is 0 Å². The number of hydrogen-bond acceptors (Lipinski definition) is 3. The van der Waals surface area contributed by atoms with Crippen LogP contribution in [-0.4, -0.2) is 12.2 Å². The van der Waals surface area contributed by atoms with Gasteiger partial charge in [0.1, 0.15) is 5.60 Å². The molecule has 0 bridgehead atoms. The van der Waals surface area contributed by atoms with Crippen LogP contribution in [0.1, 0.15) is 44.9 Å². The molecule has 0 aromatic heterocycles. The van der Waals surface area contributed by atoms with E-state index in [1.165, 1.54) is 19.3 Å². The van der Waals surface area contributed by atoms with Crippen LogP contribution in [0.3, 0.4) is 0 Å². The highest BCUT2D eigenvalue weighted by Gasteiger charge is 2.35. The highest BCUT2D eigenvalue weighted by molar-refractivity contribution is 4.83. The fraction of sp³-hybridized carbons (Fsp3) is 1.00. The summed E-state index contributed by atoms with van der Waals surface area (Å²) in [6, 6.07) is 0. The summed E-state index contributed by atoms with van der Waals surface area (Å²) >= 11 is 0. The lowest BCUT2D eigenvalue weighted by molar-refractivity contribution is -0.537. The van der Waals surface area contributed by atoms with E-state index in [1.54, 1.807) is 0 Å². The van der Waals surface area contributed by atoms with Crippen LogP contribution in [0, 0.1) is 0 Å². The van der Waals surface area contributed by atoms with Gasteiger partial charge in [0.15, 0.2) is 0 Å². The first-order chi connectivity index (χ1) is 5.91. The van der Waals surface area contributed by atoms with E-state index in [9.17, 15) is 0 Å². The van der Waals surface area contributed by atoms with Crippen LogP contribution < -0.4 is 0 Å². The molecule has 3 nitrogen and oxygen atoms in total. The Morgan fingerprint density at radius 1 is 0.833 bits per heavy atom. The Bertz CT molecular complexity index is 131. The number of rotatable bonds is 0. The molecule has 12 heavy (non-hydrogen) atoms. The Balaban J connectivity index is 1.95. The van der Waals surface area contributed by atoms with Gasteiger partial charge in [0.2, 0.25) is 0 Å². The van der Waals surface area contributed by atoms with E-state index in [2.05, 4.69) is 5.04 Å². The van der Waals surface area contributed by atoms with Crippen molar-refractivity contribution < 1.29 is 14.8 Å². The summed E-state index contributed by atoms with van der Waals surface area (Å²) in [7, 11) is 0. The molecule has 1 spiro atoms. The Kier molecular flexibility index (Phi) is 2.63. The van der Waals surface area contributed by atoms with Gasteiger partial charge in [-0.3, -0.25) is 0 Å². The quantitative estimate of drug-likeness (QED) is 0.525. The highest BCUT2D eigenvalue weighted by atomic mass is 17.5. The molecule has 0 amide bonds. The van der Waals surface area contributed by atoms with Gasteiger partial charge in [-0.15, -0.1) is 0 Å². The average molecular weight is 172 g/mol. The second kappa shape index (κ2) is 3.73. The molecule has 0 aromatic carbocycles. The zero-order chi connectivity index (χ0) is 8.28. The third kappa shape index (κ3) is 1.79. The summed E-state index contributed by atoms with van der Waals surface area (Å²) in [5, 5.41) is 4.69. The number of hydrogen-bond donors (Lipinski definition) is 0. The van der Waals surface area contributed by atoms with Crippen LogP contribution in [0.2, 0.25) is 0 Å². The molecule has 2 aliphatic rings. The molecule has 1 heterocycles. The fourth-order valence-electron chi connectivity index (χ4n) is 2.15. The lowest BCUT2D eigenvalue weighted by atomic mass is 9.82. The van der Waals surface area contributed by atoms with Crippen molar-refractivity contribution in [1.29, 1.82) is 0 Å². The van der Waals surface area contributed by atoms with Gasteiger partial charge in [-0.05, 0) is 25.7 Å². The zero-order valence-electron chi connectivity index (χ0n) is 7.38. The largest absolute Gasteiger partial charge is 0.206 e. The van der Waals surface area contributed by atoms with E-state index >= 15 is 0 Å². The van der Waals surface area contributed by atoms with Crippen molar-refractivity contribution in [2.45, 2.75) is 50.5 Å². The van der Waals surface area contributed by atoms with Crippen molar-refractivity contribution in [1.82, 2.24) is 0 Å². The van der Waals surface area contributed by atoms with E-state index in [1.807, 2.05) is 0 Å². The maximum absolute atomic E-state index is 5.31. The molecule has 1 aliphatic heterocycles. The van der Waals surface area contributed by atoms with E-state index in [-0.39, 0.29) is 5.60 Å². The Hall–Kier alpha value is -0.120. The second-order valence-electron chi connectivity index (χ2n) is 3.82. The van der Waals surface area contributed by atoms with Crippen LogP contribution in [0.15, 0.2) is 0 Å². The van der Waals surface area contributed by atoms with Gasteiger partial charge < -0.3 is 0 Å². The van der Waals surface area contributed by atoms with Gasteiger partial charge in [0, 0.05) is 0 Å². The Labute approximate surface area is 72.8 Å². The van der Waals surface area contributed by atoms with Gasteiger partial charge >= 0.3 is 0 Å². The molecule has 1 saturated heterocycles. The van der Waals surface area contributed by atoms with E-state index in [4.69, 9.17) is 9.78 Å². The van der Waals surface area contributed by atoms with E-state index in [0.717, 1.165) is 25.7 Å². The van der Waals surface area contributed by atoms with Gasteiger partial charge in [-0.25, -0.2) is 4.89 Å². The molecule has 0 unspecified atom stereocenters. The molecule has 1 saturated carbocycles. The van der Waals surface area contributed by atoms with Crippen molar-refractivity contribution in [3.63, 3.8) is 0 Å². The maximum atomic E-state index is 5.31. The third-order valence-electron chi connectivity index (χ3n) is 2.88. The van der Waals surface area contributed by atoms with Crippen LogP contribution >= 0.6 is 0 Å². The average Bonchev–Trinajstić information content (AvgIpc) is 2.33. The lowest BCUT2D eigenvalue weighted by Crippen LogP contribution is -2.33. The molecule has 70 valence electrons. The normalized spacial score (nSPS) is 30.0. The standard InChI is InChI=1S/C9H16O3/c1-2-5-9(6-3-1)7-4-8-10-12-11-9/h1-8H2. The molecule has 0 aromatic rings. The van der Waals surface area contributed by atoms with Gasteiger partial charge in [0.25, 0.3) is 0 Å². The minimum atomic E-state index is -0.00521. The molecule has 0 N–H and O–H groups in total. The molecular weight excluding hydrogens is 156 g/mol. The minimum absolute atomic E-state index is 0.00521. The van der Waals surface area contributed by atoms with Gasteiger partial charge in [-0.2, -0.15) is 4.89 Å². The smallest absolute Gasteiger partial charge is 0.107 e. The summed E-state index contributed by atoms with van der Waals surface area (Å²) in [6.07, 6.45) is 8.29. The second-order valence-corrected chi connectivity index (χ2v) is 3.82. The van der Waals surface area contributed by atoms with Crippen LogP contribution in [0.4, 0.5) is 0 Å². The third-order valence-corrected chi connectivity index (χ3v) is 2.88. The van der Waals surface area contributed by atoms with Crippen LogP contribution in [0.5, 0.6) is 0 Å². The summed E-state index contributed by atoms with van der Waals surface area (Å²) in [4.78, 5) is 10.1. The fourth-order valence-corrected chi connectivity index (χ4v) is 2.15. The first-order valence-corrected chi connectivity index (χ1v) is 4.89. The lowest BCUT2D eigenvalue weighted by Gasteiger charge is -2.32. The summed E-state index contributed by atoms with van der Waals surface area (Å²) in [6.45, 7) is 0.668. The van der Waals surface area contributed by atoms with Crippen molar-refractivity contribution >= 4 is 0 Å². The summed E-state index contributed by atoms with van der Waals surface area (Å²) in [5.41, 5.74) is -0.00521. The van der Waals surface area contributed by atoms with Crippen molar-refractivity contribution in [2.75, 3.05) is 6.61 Å². The Morgan fingerprint density at radius 3 is 2.42 bits per heavy atom. The first-order valence-electron chi connectivity index (χ1n) is 4.89. The maximum Gasteiger partial charge on any atom is 0.107 e. The van der Waals surface area contributed by atoms with Crippen molar-refractivity contribution in [3.05, 3.63) is 0 Å². The van der Waals surface area contributed by atoms with E-state index < -0.39 is 0 Å². The predicted molar refractivity (Wildman–Crippen MR) is 43.2 cm³/mol. The van der Waals surface area contributed by atoms with E-state index in [0.29, 0.717) is 6.61 Å². The molecule has 2 fully saturated rings. The molecule has 1 aliphatic carbocycles. The minimum Gasteiger partial charge on any atom is -0.206 e. The van der Waals surface area contributed by atoms with Crippen LogP contribution in [0.25, 0.3) is 0 Å². The molecule has 3 heteroatoms. The predicted octanol–water partition coefficient (Wildman–Crippen LogP) is 2.36. The topological polar surface area (TPSA) is 27.7 Å². The monoisotopic (exact) mass is 172 g/mol.